The average molecular weight is 511 g/mol. The number of benzene rings is 2. The summed E-state index contributed by atoms with van der Waals surface area (Å²) in [5, 5.41) is 5.79. The quantitative estimate of drug-likeness (QED) is 0.321. The van der Waals surface area contributed by atoms with Gasteiger partial charge in [0.2, 0.25) is 10.9 Å². The van der Waals surface area contributed by atoms with Crippen LogP contribution >= 0.6 is 23.4 Å². The topological polar surface area (TPSA) is 87.8 Å². The van der Waals surface area contributed by atoms with Gasteiger partial charge < -0.3 is 14.2 Å². The molecule has 2 heterocycles. The Morgan fingerprint density at radius 1 is 1.06 bits per heavy atom. The molecule has 2 aromatic carbocycles. The molecule has 0 spiro atoms. The maximum absolute atomic E-state index is 13.1. The Labute approximate surface area is 211 Å². The van der Waals surface area contributed by atoms with Crippen LogP contribution in [-0.2, 0) is 12.2 Å². The van der Waals surface area contributed by atoms with Crippen molar-refractivity contribution >= 4 is 34.9 Å². The van der Waals surface area contributed by atoms with Gasteiger partial charge in [-0.05, 0) is 47.7 Å². The van der Waals surface area contributed by atoms with Gasteiger partial charge >= 0.3 is 0 Å². The van der Waals surface area contributed by atoms with E-state index in [-0.39, 0.29) is 11.7 Å². The molecule has 0 bridgehead atoms. The number of fused-ring (bicyclic) bond motifs is 2. The third-order valence-corrected chi connectivity index (χ3v) is 7.12. The fourth-order valence-electron chi connectivity index (χ4n) is 4.27. The van der Waals surface area contributed by atoms with Crippen LogP contribution in [0.1, 0.15) is 39.5 Å². The molecule has 0 saturated heterocycles. The number of thioether (sulfide) groups is 1. The SMILES string of the molecule is COc1cc(C2CC(=O)c3cn4nc(SCc5cccc(Cl)c5)nc4nc3C2)cc(OC)c1OC. The first-order valence-electron chi connectivity index (χ1n) is 11.0. The van der Waals surface area contributed by atoms with Crippen molar-refractivity contribution in [1.29, 1.82) is 0 Å². The molecule has 35 heavy (non-hydrogen) atoms. The van der Waals surface area contributed by atoms with Crippen molar-refractivity contribution in [3.63, 3.8) is 0 Å². The minimum atomic E-state index is -0.0711. The molecule has 1 atom stereocenters. The largest absolute Gasteiger partial charge is 0.493 e. The molecule has 0 radical (unpaired) electrons. The molecular weight excluding hydrogens is 488 g/mol. The highest BCUT2D eigenvalue weighted by Crippen LogP contribution is 2.42. The number of rotatable bonds is 7. The van der Waals surface area contributed by atoms with Gasteiger partial charge in [0.15, 0.2) is 17.3 Å². The number of Topliss-reactive ketones (excluding diaryl/α,β-unsaturated/α-hetero) is 1. The van der Waals surface area contributed by atoms with Crippen LogP contribution in [0.4, 0.5) is 0 Å². The van der Waals surface area contributed by atoms with E-state index in [0.29, 0.717) is 63.1 Å². The zero-order valence-corrected chi connectivity index (χ0v) is 21.0. The molecular formula is C25H23ClN4O4S. The predicted octanol–water partition coefficient (Wildman–Crippen LogP) is 5.01. The van der Waals surface area contributed by atoms with Crippen LogP contribution in [0.2, 0.25) is 5.02 Å². The molecule has 4 aromatic rings. The number of aromatic nitrogens is 4. The highest BCUT2D eigenvalue weighted by molar-refractivity contribution is 7.98. The third kappa shape index (κ3) is 4.66. The minimum absolute atomic E-state index is 0.0167. The summed E-state index contributed by atoms with van der Waals surface area (Å²) in [7, 11) is 4.72. The van der Waals surface area contributed by atoms with Gasteiger partial charge in [-0.3, -0.25) is 4.79 Å². The Balaban J connectivity index is 1.42. The van der Waals surface area contributed by atoms with E-state index >= 15 is 0 Å². The van der Waals surface area contributed by atoms with Crippen molar-refractivity contribution in [2.24, 2.45) is 0 Å². The standard InChI is InChI=1S/C25H23ClN4O4S/c1-32-21-10-16(11-22(33-2)23(21)34-3)15-8-19-18(20(31)9-15)12-30-24(27-19)28-25(29-30)35-13-14-5-4-6-17(26)7-14/h4-7,10-12,15H,8-9,13H2,1-3H3. The minimum Gasteiger partial charge on any atom is -0.493 e. The Morgan fingerprint density at radius 2 is 1.83 bits per heavy atom. The van der Waals surface area contributed by atoms with E-state index in [1.165, 1.54) is 11.8 Å². The van der Waals surface area contributed by atoms with Crippen LogP contribution in [0.3, 0.4) is 0 Å². The summed E-state index contributed by atoms with van der Waals surface area (Å²) in [5.74, 6) is 2.73. The summed E-state index contributed by atoms with van der Waals surface area (Å²) in [6.45, 7) is 0. The maximum Gasteiger partial charge on any atom is 0.253 e. The van der Waals surface area contributed by atoms with Gasteiger partial charge in [-0.1, -0.05) is 35.5 Å². The number of ether oxygens (including phenoxy) is 3. The van der Waals surface area contributed by atoms with Crippen molar-refractivity contribution in [1.82, 2.24) is 19.6 Å². The van der Waals surface area contributed by atoms with Crippen molar-refractivity contribution < 1.29 is 19.0 Å². The van der Waals surface area contributed by atoms with Crippen molar-refractivity contribution in [3.05, 3.63) is 70.0 Å². The fourth-order valence-corrected chi connectivity index (χ4v) is 5.25. The van der Waals surface area contributed by atoms with Crippen LogP contribution in [0.25, 0.3) is 5.78 Å². The molecule has 0 aliphatic heterocycles. The first-order chi connectivity index (χ1) is 17.0. The summed E-state index contributed by atoms with van der Waals surface area (Å²) in [6.07, 6.45) is 2.68. The van der Waals surface area contributed by atoms with Crippen LogP contribution in [0.15, 0.2) is 47.8 Å². The van der Waals surface area contributed by atoms with Crippen molar-refractivity contribution in [2.75, 3.05) is 21.3 Å². The van der Waals surface area contributed by atoms with Gasteiger partial charge in [-0.15, -0.1) is 5.10 Å². The van der Waals surface area contributed by atoms with E-state index in [1.807, 2.05) is 36.4 Å². The Bertz CT molecular complexity index is 1400. The Kier molecular flexibility index (Phi) is 6.53. The van der Waals surface area contributed by atoms with E-state index in [2.05, 4.69) is 10.1 Å². The zero-order chi connectivity index (χ0) is 24.5. The highest BCUT2D eigenvalue weighted by Gasteiger charge is 2.30. The first kappa shape index (κ1) is 23.4. The molecule has 180 valence electrons. The van der Waals surface area contributed by atoms with Crippen molar-refractivity contribution in [2.45, 2.75) is 29.7 Å². The lowest BCUT2D eigenvalue weighted by molar-refractivity contribution is 0.0962. The van der Waals surface area contributed by atoms with Crippen LogP contribution in [0, 0.1) is 0 Å². The zero-order valence-electron chi connectivity index (χ0n) is 19.4. The van der Waals surface area contributed by atoms with Gasteiger partial charge in [0, 0.05) is 23.4 Å². The Hall–Kier alpha value is -3.30. The predicted molar refractivity (Wildman–Crippen MR) is 133 cm³/mol. The lowest BCUT2D eigenvalue weighted by Crippen LogP contribution is -2.21. The van der Waals surface area contributed by atoms with E-state index in [0.717, 1.165) is 11.1 Å². The monoisotopic (exact) mass is 510 g/mol. The molecule has 2 aromatic heterocycles. The molecule has 0 N–H and O–H groups in total. The summed E-state index contributed by atoms with van der Waals surface area (Å²) in [6, 6.07) is 11.5. The molecule has 1 aliphatic carbocycles. The number of hydrogen-bond donors (Lipinski definition) is 0. The number of ketones is 1. The third-order valence-electron chi connectivity index (χ3n) is 5.98. The summed E-state index contributed by atoms with van der Waals surface area (Å²) < 4.78 is 18.0. The Morgan fingerprint density at radius 3 is 2.51 bits per heavy atom. The molecule has 5 rings (SSSR count). The lowest BCUT2D eigenvalue weighted by Gasteiger charge is -2.24. The van der Waals surface area contributed by atoms with Crippen LogP contribution in [0.5, 0.6) is 17.2 Å². The van der Waals surface area contributed by atoms with Gasteiger partial charge in [-0.2, -0.15) is 4.98 Å². The van der Waals surface area contributed by atoms with Crippen LogP contribution < -0.4 is 14.2 Å². The van der Waals surface area contributed by atoms with E-state index < -0.39 is 0 Å². The molecule has 1 unspecified atom stereocenters. The van der Waals surface area contributed by atoms with Gasteiger partial charge in [-0.25, -0.2) is 9.50 Å². The number of carbonyl (C=O) groups excluding carboxylic acids is 1. The van der Waals surface area contributed by atoms with Gasteiger partial charge in [0.25, 0.3) is 5.78 Å². The fraction of sp³-hybridized carbons (Fsp3) is 0.280. The van der Waals surface area contributed by atoms with E-state index in [9.17, 15) is 4.79 Å². The smallest absolute Gasteiger partial charge is 0.253 e. The summed E-state index contributed by atoms with van der Waals surface area (Å²) in [4.78, 5) is 22.3. The highest BCUT2D eigenvalue weighted by atomic mass is 35.5. The first-order valence-corrected chi connectivity index (χ1v) is 12.3. The number of carbonyl (C=O) groups is 1. The molecule has 0 amide bonds. The number of halogens is 1. The maximum atomic E-state index is 13.1. The summed E-state index contributed by atoms with van der Waals surface area (Å²) >= 11 is 7.57. The number of nitrogens with zero attached hydrogens (tertiary/aromatic N) is 4. The summed E-state index contributed by atoms with van der Waals surface area (Å²) in [5.41, 5.74) is 3.31. The average Bonchev–Trinajstić information content (AvgIpc) is 3.27. The number of hydrogen-bond acceptors (Lipinski definition) is 8. The molecule has 1 aliphatic rings. The number of methoxy groups -OCH3 is 3. The van der Waals surface area contributed by atoms with Gasteiger partial charge in [0.05, 0.1) is 32.6 Å². The van der Waals surface area contributed by atoms with Gasteiger partial charge in [0.1, 0.15) is 0 Å². The molecule has 0 saturated carbocycles. The van der Waals surface area contributed by atoms with E-state index in [4.69, 9.17) is 30.8 Å². The second-order valence-corrected chi connectivity index (χ2v) is 9.52. The normalized spacial score (nSPS) is 15.2. The molecule has 10 heteroatoms. The molecule has 0 fully saturated rings. The van der Waals surface area contributed by atoms with Crippen LogP contribution in [-0.4, -0.2) is 46.7 Å². The lowest BCUT2D eigenvalue weighted by atomic mass is 9.82. The molecule has 8 nitrogen and oxygen atoms in total. The second-order valence-electron chi connectivity index (χ2n) is 8.15. The van der Waals surface area contributed by atoms with E-state index in [1.54, 1.807) is 32.0 Å². The second kappa shape index (κ2) is 9.75. The van der Waals surface area contributed by atoms with Crippen molar-refractivity contribution in [3.8, 4) is 17.2 Å².